The molecule has 0 fully saturated rings. The van der Waals surface area contributed by atoms with Gasteiger partial charge in [0.1, 0.15) is 5.71 Å². The first-order valence-corrected chi connectivity index (χ1v) is 8.75. The molecular weight excluding hydrogens is 332 g/mol. The van der Waals surface area contributed by atoms with E-state index in [-0.39, 0.29) is 29.4 Å². The number of nitrogens with one attached hydrogen (secondary N) is 1. The van der Waals surface area contributed by atoms with E-state index in [2.05, 4.69) is 10.4 Å². The fourth-order valence-corrected chi connectivity index (χ4v) is 3.06. The highest BCUT2D eigenvalue weighted by atomic mass is 32.2. The van der Waals surface area contributed by atoms with Crippen LogP contribution < -0.4 is 5.32 Å². The van der Waals surface area contributed by atoms with Gasteiger partial charge in [0.2, 0.25) is 15.9 Å². The first-order valence-electron chi connectivity index (χ1n) is 7.31. The first-order chi connectivity index (χ1) is 11.1. The number of hydrogen-bond donors (Lipinski definition) is 1. The minimum Gasteiger partial charge on any atom is -0.321 e. The summed E-state index contributed by atoms with van der Waals surface area (Å²) in [6, 6.07) is 4.54. The van der Waals surface area contributed by atoms with Crippen LogP contribution in [0.2, 0.25) is 0 Å². The Kier molecular flexibility index (Phi) is 5.05. The van der Waals surface area contributed by atoms with E-state index in [4.69, 9.17) is 0 Å². The summed E-state index contributed by atoms with van der Waals surface area (Å²) in [4.78, 5) is 23.8. The summed E-state index contributed by atoms with van der Waals surface area (Å²) in [5, 5.41) is 7.76. The Morgan fingerprint density at radius 1 is 1.29 bits per heavy atom. The van der Waals surface area contributed by atoms with Crippen molar-refractivity contribution in [1.82, 2.24) is 9.31 Å². The van der Waals surface area contributed by atoms with Gasteiger partial charge in [-0.2, -0.15) is 5.10 Å². The van der Waals surface area contributed by atoms with Gasteiger partial charge < -0.3 is 5.32 Å². The van der Waals surface area contributed by atoms with E-state index in [1.54, 1.807) is 13.0 Å². The van der Waals surface area contributed by atoms with Gasteiger partial charge in [0, 0.05) is 39.7 Å². The highest BCUT2D eigenvalue weighted by Gasteiger charge is 2.23. The van der Waals surface area contributed by atoms with Gasteiger partial charge in [0.05, 0.1) is 4.90 Å². The molecule has 2 rings (SSSR count). The molecule has 1 aromatic rings. The second kappa shape index (κ2) is 6.70. The summed E-state index contributed by atoms with van der Waals surface area (Å²) >= 11 is 0. The van der Waals surface area contributed by atoms with Crippen LogP contribution in [0.15, 0.2) is 28.2 Å². The molecule has 0 radical (unpaired) electrons. The van der Waals surface area contributed by atoms with Crippen LogP contribution in [0.25, 0.3) is 0 Å². The van der Waals surface area contributed by atoms with Crippen molar-refractivity contribution in [1.29, 1.82) is 0 Å². The molecule has 1 N–H and O–H groups in total. The minimum atomic E-state index is -3.59. The summed E-state index contributed by atoms with van der Waals surface area (Å²) in [6.07, 6.45) is 0.473. The van der Waals surface area contributed by atoms with E-state index in [1.165, 1.54) is 33.3 Å². The Bertz CT molecular complexity index is 815. The molecule has 1 heterocycles. The van der Waals surface area contributed by atoms with Gasteiger partial charge in [-0.25, -0.2) is 17.7 Å². The third-order valence-electron chi connectivity index (χ3n) is 3.71. The molecule has 1 aliphatic heterocycles. The maximum Gasteiger partial charge on any atom is 0.271 e. The Hall–Kier alpha value is -2.26. The number of hydrogen-bond acceptors (Lipinski definition) is 5. The smallest absolute Gasteiger partial charge is 0.271 e. The number of nitrogens with zero attached hydrogens (tertiary/aromatic N) is 3. The van der Waals surface area contributed by atoms with Crippen molar-refractivity contribution in [2.24, 2.45) is 5.10 Å². The lowest BCUT2D eigenvalue weighted by Gasteiger charge is -2.19. The van der Waals surface area contributed by atoms with Crippen LogP contribution in [0.1, 0.15) is 18.4 Å². The summed E-state index contributed by atoms with van der Waals surface area (Å²) < 4.78 is 25.5. The number of hydrazone groups is 1. The van der Waals surface area contributed by atoms with Crippen molar-refractivity contribution in [2.45, 2.75) is 24.7 Å². The predicted octanol–water partition coefficient (Wildman–Crippen LogP) is 0.792. The normalized spacial score (nSPS) is 15.5. The van der Waals surface area contributed by atoms with Crippen LogP contribution in [-0.4, -0.2) is 56.4 Å². The molecule has 0 unspecified atom stereocenters. The average molecular weight is 352 g/mol. The quantitative estimate of drug-likeness (QED) is 0.866. The van der Waals surface area contributed by atoms with Crippen LogP contribution in [0.5, 0.6) is 0 Å². The molecule has 0 saturated carbocycles. The van der Waals surface area contributed by atoms with Crippen LogP contribution in [-0.2, 0) is 19.6 Å². The first kappa shape index (κ1) is 18.1. The number of rotatable bonds is 4. The van der Waals surface area contributed by atoms with Gasteiger partial charge in [0.15, 0.2) is 0 Å². The minimum absolute atomic E-state index is 0.0891. The lowest BCUT2D eigenvalue weighted by atomic mass is 10.1. The zero-order valence-electron chi connectivity index (χ0n) is 14.0. The van der Waals surface area contributed by atoms with Crippen molar-refractivity contribution < 1.29 is 18.0 Å². The summed E-state index contributed by atoms with van der Waals surface area (Å²) in [6.45, 7) is 1.76. The van der Waals surface area contributed by atoms with Gasteiger partial charge in [0.25, 0.3) is 5.91 Å². The molecule has 0 aromatic heterocycles. The lowest BCUT2D eigenvalue weighted by Crippen LogP contribution is -2.34. The second-order valence-electron chi connectivity index (χ2n) is 5.68. The number of amides is 2. The maximum absolute atomic E-state index is 12.3. The SMILES string of the molecule is Cc1ccc(S(=O)(=O)N(C)C)cc1NC(=O)C1=NN(C)C(=O)CC1. The number of benzene rings is 1. The maximum atomic E-state index is 12.3. The van der Waals surface area contributed by atoms with E-state index in [0.29, 0.717) is 5.69 Å². The molecule has 1 aromatic carbocycles. The van der Waals surface area contributed by atoms with E-state index < -0.39 is 15.9 Å². The van der Waals surface area contributed by atoms with Crippen molar-refractivity contribution in [3.05, 3.63) is 23.8 Å². The summed E-state index contributed by atoms with van der Waals surface area (Å²) in [5.74, 6) is -0.598. The highest BCUT2D eigenvalue weighted by Crippen LogP contribution is 2.22. The fourth-order valence-electron chi connectivity index (χ4n) is 2.13. The van der Waals surface area contributed by atoms with Gasteiger partial charge >= 0.3 is 0 Å². The second-order valence-corrected chi connectivity index (χ2v) is 7.83. The molecule has 0 saturated heterocycles. The number of sulfonamides is 1. The molecule has 0 atom stereocenters. The number of aryl methyl sites for hydroxylation is 1. The van der Waals surface area contributed by atoms with Crippen LogP contribution in [0.3, 0.4) is 0 Å². The van der Waals surface area contributed by atoms with Crippen LogP contribution in [0, 0.1) is 6.92 Å². The summed E-state index contributed by atoms with van der Waals surface area (Å²) in [7, 11) is 0.779. The van der Waals surface area contributed by atoms with Crippen molar-refractivity contribution in [3.8, 4) is 0 Å². The van der Waals surface area contributed by atoms with E-state index >= 15 is 0 Å². The van der Waals surface area contributed by atoms with E-state index in [9.17, 15) is 18.0 Å². The standard InChI is InChI=1S/C15H20N4O4S/c1-10-5-6-11(24(22,23)18(2)3)9-13(10)16-15(21)12-7-8-14(20)19(4)17-12/h5-6,9H,7-8H2,1-4H3,(H,16,21). The van der Waals surface area contributed by atoms with Gasteiger partial charge in [-0.3, -0.25) is 9.59 Å². The third kappa shape index (κ3) is 3.62. The largest absolute Gasteiger partial charge is 0.321 e. The van der Waals surface area contributed by atoms with E-state index in [1.807, 2.05) is 0 Å². The Morgan fingerprint density at radius 2 is 1.96 bits per heavy atom. The molecule has 1 aliphatic rings. The molecule has 0 aliphatic carbocycles. The highest BCUT2D eigenvalue weighted by molar-refractivity contribution is 7.89. The zero-order chi connectivity index (χ0) is 18.1. The fraction of sp³-hybridized carbons (Fsp3) is 0.400. The van der Waals surface area contributed by atoms with Gasteiger partial charge in [-0.15, -0.1) is 0 Å². The lowest BCUT2D eigenvalue weighted by molar-refractivity contribution is -0.130. The average Bonchev–Trinajstić information content (AvgIpc) is 2.51. The monoisotopic (exact) mass is 352 g/mol. The Morgan fingerprint density at radius 3 is 2.54 bits per heavy atom. The van der Waals surface area contributed by atoms with Crippen LogP contribution >= 0.6 is 0 Å². The zero-order valence-corrected chi connectivity index (χ0v) is 14.8. The number of carbonyl (C=O) groups excluding carboxylic acids is 2. The third-order valence-corrected chi connectivity index (χ3v) is 5.52. The topological polar surface area (TPSA) is 99.2 Å². The van der Waals surface area contributed by atoms with Crippen LogP contribution in [0.4, 0.5) is 5.69 Å². The molecule has 9 heteroatoms. The van der Waals surface area contributed by atoms with Crippen molar-refractivity contribution in [3.63, 3.8) is 0 Å². The van der Waals surface area contributed by atoms with Gasteiger partial charge in [-0.1, -0.05) is 6.07 Å². The van der Waals surface area contributed by atoms with Crippen molar-refractivity contribution in [2.75, 3.05) is 26.5 Å². The molecule has 130 valence electrons. The molecule has 2 amide bonds. The molecule has 0 bridgehead atoms. The Balaban J connectivity index is 2.29. The summed E-state index contributed by atoms with van der Waals surface area (Å²) in [5.41, 5.74) is 1.35. The van der Waals surface area contributed by atoms with Crippen molar-refractivity contribution >= 4 is 33.2 Å². The molecular formula is C15H20N4O4S. The van der Waals surface area contributed by atoms with Gasteiger partial charge in [-0.05, 0) is 24.6 Å². The number of anilines is 1. The number of carbonyl (C=O) groups is 2. The predicted molar refractivity (Wildman–Crippen MR) is 90.1 cm³/mol. The van der Waals surface area contributed by atoms with E-state index in [0.717, 1.165) is 14.9 Å². The Labute approximate surface area is 141 Å². The molecule has 24 heavy (non-hydrogen) atoms. The molecule has 0 spiro atoms. The molecule has 8 nitrogen and oxygen atoms in total.